The molecule has 0 atom stereocenters. The molecule has 0 amide bonds. The van der Waals surface area contributed by atoms with Crippen molar-refractivity contribution in [3.8, 4) is 0 Å². The topological polar surface area (TPSA) is 49.6 Å². The number of aromatic nitrogens is 4. The van der Waals surface area contributed by atoms with Crippen molar-refractivity contribution >= 4 is 11.5 Å². The van der Waals surface area contributed by atoms with Crippen LogP contribution in [0.25, 0.3) is 5.65 Å². The summed E-state index contributed by atoms with van der Waals surface area (Å²) in [5.74, 6) is 1.92. The fraction of sp³-hybridized carbons (Fsp3) is 0.389. The lowest BCUT2D eigenvalue weighted by atomic mass is 10.2. The molecule has 1 aliphatic rings. The minimum Gasteiger partial charge on any atom is -0.353 e. The Labute approximate surface area is 141 Å². The van der Waals surface area contributed by atoms with E-state index in [1.54, 1.807) is 0 Å². The zero-order valence-electron chi connectivity index (χ0n) is 14.0. The van der Waals surface area contributed by atoms with Crippen LogP contribution in [0.2, 0.25) is 0 Å². The molecule has 0 radical (unpaired) electrons. The Morgan fingerprint density at radius 3 is 2.46 bits per heavy atom. The standard InChI is InChI=1S/C18H22N6/c1-2-16-19-20-17-8-9-18(21-24(16)17)23-12-10-22(11-13-23)14-15-6-4-3-5-7-15/h3-9H,2,10-14H2,1H3. The van der Waals surface area contributed by atoms with Gasteiger partial charge in [-0.05, 0) is 17.7 Å². The fourth-order valence-electron chi connectivity index (χ4n) is 3.19. The second kappa shape index (κ2) is 6.57. The molecular weight excluding hydrogens is 300 g/mol. The Morgan fingerprint density at radius 1 is 0.917 bits per heavy atom. The van der Waals surface area contributed by atoms with Crippen LogP contribution in [0.1, 0.15) is 18.3 Å². The maximum absolute atomic E-state index is 4.74. The first-order valence-corrected chi connectivity index (χ1v) is 8.56. The van der Waals surface area contributed by atoms with Crippen LogP contribution < -0.4 is 4.90 Å². The van der Waals surface area contributed by atoms with Crippen LogP contribution in [-0.2, 0) is 13.0 Å². The molecule has 3 heterocycles. The third-order valence-corrected chi connectivity index (χ3v) is 4.57. The molecule has 6 heteroatoms. The highest BCUT2D eigenvalue weighted by atomic mass is 15.4. The van der Waals surface area contributed by atoms with Gasteiger partial charge < -0.3 is 4.90 Å². The molecule has 0 aliphatic carbocycles. The van der Waals surface area contributed by atoms with Gasteiger partial charge in [0, 0.05) is 39.1 Å². The molecule has 0 spiro atoms. The van der Waals surface area contributed by atoms with Crippen LogP contribution in [0.5, 0.6) is 0 Å². The Morgan fingerprint density at radius 2 is 1.71 bits per heavy atom. The molecule has 124 valence electrons. The van der Waals surface area contributed by atoms with E-state index < -0.39 is 0 Å². The first kappa shape index (κ1) is 15.1. The Balaban J connectivity index is 1.44. The fourth-order valence-corrected chi connectivity index (χ4v) is 3.19. The minimum atomic E-state index is 0.818. The van der Waals surface area contributed by atoms with Gasteiger partial charge >= 0.3 is 0 Å². The number of hydrogen-bond donors (Lipinski definition) is 0. The second-order valence-electron chi connectivity index (χ2n) is 6.18. The second-order valence-corrected chi connectivity index (χ2v) is 6.18. The molecule has 4 rings (SSSR count). The zero-order chi connectivity index (χ0) is 16.4. The van der Waals surface area contributed by atoms with Gasteiger partial charge in [0.25, 0.3) is 0 Å². The van der Waals surface area contributed by atoms with Crippen molar-refractivity contribution in [2.45, 2.75) is 19.9 Å². The van der Waals surface area contributed by atoms with E-state index in [-0.39, 0.29) is 0 Å². The summed E-state index contributed by atoms with van der Waals surface area (Å²) in [5, 5.41) is 13.1. The van der Waals surface area contributed by atoms with E-state index in [4.69, 9.17) is 5.10 Å². The van der Waals surface area contributed by atoms with Crippen LogP contribution >= 0.6 is 0 Å². The van der Waals surface area contributed by atoms with Gasteiger partial charge in [-0.25, -0.2) is 0 Å². The lowest BCUT2D eigenvalue weighted by Gasteiger charge is -2.35. The molecule has 1 aromatic carbocycles. The number of rotatable bonds is 4. The van der Waals surface area contributed by atoms with Gasteiger partial charge in [0.15, 0.2) is 11.5 Å². The highest BCUT2D eigenvalue weighted by Crippen LogP contribution is 2.16. The van der Waals surface area contributed by atoms with Gasteiger partial charge in [0.05, 0.1) is 0 Å². The third-order valence-electron chi connectivity index (χ3n) is 4.57. The Kier molecular flexibility index (Phi) is 4.13. The van der Waals surface area contributed by atoms with Crippen LogP contribution in [0.4, 0.5) is 5.82 Å². The van der Waals surface area contributed by atoms with Crippen LogP contribution in [0, 0.1) is 0 Å². The van der Waals surface area contributed by atoms with E-state index in [0.717, 1.165) is 56.4 Å². The largest absolute Gasteiger partial charge is 0.353 e. The van der Waals surface area contributed by atoms with Gasteiger partial charge in [-0.2, -0.15) is 4.52 Å². The number of anilines is 1. The van der Waals surface area contributed by atoms with Crippen molar-refractivity contribution < 1.29 is 0 Å². The molecule has 24 heavy (non-hydrogen) atoms. The number of fused-ring (bicyclic) bond motifs is 1. The SMILES string of the molecule is CCc1nnc2ccc(N3CCN(Cc4ccccc4)CC3)nn12. The zero-order valence-corrected chi connectivity index (χ0v) is 14.0. The van der Waals surface area contributed by atoms with Crippen molar-refractivity contribution in [1.82, 2.24) is 24.7 Å². The van der Waals surface area contributed by atoms with Crippen molar-refractivity contribution in [1.29, 1.82) is 0 Å². The Bertz CT molecular complexity index is 805. The lowest BCUT2D eigenvalue weighted by Crippen LogP contribution is -2.46. The maximum Gasteiger partial charge on any atom is 0.178 e. The predicted octanol–water partition coefficient (Wildman–Crippen LogP) is 2.01. The van der Waals surface area contributed by atoms with Crippen molar-refractivity contribution in [2.24, 2.45) is 0 Å². The predicted molar refractivity (Wildman–Crippen MR) is 94.1 cm³/mol. The molecule has 6 nitrogen and oxygen atoms in total. The van der Waals surface area contributed by atoms with E-state index >= 15 is 0 Å². The molecule has 0 N–H and O–H groups in total. The molecular formula is C18H22N6. The summed E-state index contributed by atoms with van der Waals surface area (Å²) in [6.45, 7) is 7.19. The normalized spacial score (nSPS) is 16.0. The minimum absolute atomic E-state index is 0.818. The van der Waals surface area contributed by atoms with E-state index in [1.807, 2.05) is 10.6 Å². The quantitative estimate of drug-likeness (QED) is 0.735. The number of benzene rings is 1. The summed E-state index contributed by atoms with van der Waals surface area (Å²) in [7, 11) is 0. The van der Waals surface area contributed by atoms with Gasteiger partial charge in [0.1, 0.15) is 5.82 Å². The van der Waals surface area contributed by atoms with E-state index in [9.17, 15) is 0 Å². The molecule has 1 aliphatic heterocycles. The summed E-state index contributed by atoms with van der Waals surface area (Å²) in [5.41, 5.74) is 2.20. The molecule has 3 aromatic rings. The molecule has 0 bridgehead atoms. The first-order valence-electron chi connectivity index (χ1n) is 8.56. The van der Waals surface area contributed by atoms with Crippen LogP contribution in [0.15, 0.2) is 42.5 Å². The molecule has 0 unspecified atom stereocenters. The van der Waals surface area contributed by atoms with Crippen LogP contribution in [0.3, 0.4) is 0 Å². The first-order chi connectivity index (χ1) is 11.8. The maximum atomic E-state index is 4.74. The van der Waals surface area contributed by atoms with E-state index in [0.29, 0.717) is 0 Å². The summed E-state index contributed by atoms with van der Waals surface area (Å²) in [6.07, 6.45) is 0.836. The van der Waals surface area contributed by atoms with E-state index in [1.165, 1.54) is 5.56 Å². The molecule has 0 saturated carbocycles. The average Bonchev–Trinajstić information content (AvgIpc) is 3.05. The van der Waals surface area contributed by atoms with Crippen LogP contribution in [-0.4, -0.2) is 50.9 Å². The van der Waals surface area contributed by atoms with Gasteiger partial charge in [-0.15, -0.1) is 15.3 Å². The highest BCUT2D eigenvalue weighted by molar-refractivity contribution is 5.46. The highest BCUT2D eigenvalue weighted by Gasteiger charge is 2.19. The van der Waals surface area contributed by atoms with Gasteiger partial charge in [-0.1, -0.05) is 37.3 Å². The van der Waals surface area contributed by atoms with Crippen molar-refractivity contribution in [2.75, 3.05) is 31.1 Å². The smallest absolute Gasteiger partial charge is 0.178 e. The Hall–Kier alpha value is -2.47. The van der Waals surface area contributed by atoms with E-state index in [2.05, 4.69) is 63.3 Å². The average molecular weight is 322 g/mol. The van der Waals surface area contributed by atoms with Crippen molar-refractivity contribution in [3.63, 3.8) is 0 Å². The number of hydrogen-bond acceptors (Lipinski definition) is 5. The van der Waals surface area contributed by atoms with Gasteiger partial charge in [-0.3, -0.25) is 4.90 Å². The monoisotopic (exact) mass is 322 g/mol. The van der Waals surface area contributed by atoms with Gasteiger partial charge in [0.2, 0.25) is 0 Å². The number of nitrogens with zero attached hydrogens (tertiary/aromatic N) is 6. The summed E-state index contributed by atoms with van der Waals surface area (Å²) < 4.78 is 1.87. The number of aryl methyl sites for hydroxylation is 1. The number of piperazine rings is 1. The lowest BCUT2D eigenvalue weighted by molar-refractivity contribution is 0.249. The summed E-state index contributed by atoms with van der Waals surface area (Å²) in [6, 6.07) is 14.7. The molecule has 1 fully saturated rings. The summed E-state index contributed by atoms with van der Waals surface area (Å²) in [4.78, 5) is 4.85. The third kappa shape index (κ3) is 2.97. The summed E-state index contributed by atoms with van der Waals surface area (Å²) >= 11 is 0. The van der Waals surface area contributed by atoms with Crippen molar-refractivity contribution in [3.05, 3.63) is 53.9 Å². The molecule has 2 aromatic heterocycles. The molecule has 1 saturated heterocycles.